The molecule has 5 heteroatoms. The molecule has 0 aliphatic carbocycles. The van der Waals surface area contributed by atoms with E-state index >= 15 is 0 Å². The maximum absolute atomic E-state index is 6.00. The van der Waals surface area contributed by atoms with Gasteiger partial charge in [-0.05, 0) is 34.5 Å². The van der Waals surface area contributed by atoms with Crippen molar-refractivity contribution in [3.05, 3.63) is 27.7 Å². The monoisotopic (exact) mass is 305 g/mol. The Balaban J connectivity index is 1.91. The molecule has 1 aromatic rings. The minimum absolute atomic E-state index is 0.208. The molecular weight excluding hydrogens is 293 g/mol. The van der Waals surface area contributed by atoms with Crippen LogP contribution in [0.5, 0.6) is 0 Å². The quantitative estimate of drug-likeness (QED) is 0.929. The molecule has 1 heterocycles. The Morgan fingerprint density at radius 1 is 1.50 bits per heavy atom. The van der Waals surface area contributed by atoms with E-state index in [-0.39, 0.29) is 6.10 Å². The summed E-state index contributed by atoms with van der Waals surface area (Å²) in [6, 6.07) is 5.75. The lowest BCUT2D eigenvalue weighted by molar-refractivity contribution is -0.133. The molecule has 88 valence electrons. The molecule has 1 unspecified atom stereocenters. The van der Waals surface area contributed by atoms with Crippen molar-refractivity contribution in [2.24, 2.45) is 0 Å². The summed E-state index contributed by atoms with van der Waals surface area (Å²) in [7, 11) is 0. The predicted molar refractivity (Wildman–Crippen MR) is 68.0 cm³/mol. The number of halogens is 2. The number of ether oxygens (including phenoxy) is 2. The second-order valence-electron chi connectivity index (χ2n) is 3.59. The summed E-state index contributed by atoms with van der Waals surface area (Å²) in [6.45, 7) is 1.93. The lowest BCUT2D eigenvalue weighted by Gasteiger charge is -2.23. The van der Waals surface area contributed by atoms with E-state index in [1.165, 1.54) is 0 Å². The highest BCUT2D eigenvalue weighted by Crippen LogP contribution is 2.30. The van der Waals surface area contributed by atoms with E-state index < -0.39 is 0 Å². The average molecular weight is 307 g/mol. The van der Waals surface area contributed by atoms with Crippen LogP contribution in [0.15, 0.2) is 22.7 Å². The summed E-state index contributed by atoms with van der Waals surface area (Å²) < 4.78 is 11.4. The van der Waals surface area contributed by atoms with Crippen LogP contribution < -0.4 is 5.32 Å². The first-order valence-electron chi connectivity index (χ1n) is 5.14. The second-order valence-corrected chi connectivity index (χ2v) is 4.79. The fraction of sp³-hybridized carbons (Fsp3) is 0.455. The number of anilines is 1. The summed E-state index contributed by atoms with van der Waals surface area (Å²) in [6.07, 6.45) is 1.13. The van der Waals surface area contributed by atoms with Gasteiger partial charge in [0.25, 0.3) is 0 Å². The van der Waals surface area contributed by atoms with Crippen molar-refractivity contribution in [3.63, 3.8) is 0 Å². The predicted octanol–water partition coefficient (Wildman–Crippen LogP) is 3.28. The van der Waals surface area contributed by atoms with E-state index in [2.05, 4.69) is 21.2 Å². The highest BCUT2D eigenvalue weighted by atomic mass is 79.9. The van der Waals surface area contributed by atoms with Crippen molar-refractivity contribution < 1.29 is 9.47 Å². The van der Waals surface area contributed by atoms with Crippen LogP contribution in [0, 0.1) is 0 Å². The van der Waals surface area contributed by atoms with Crippen molar-refractivity contribution in [3.8, 4) is 0 Å². The van der Waals surface area contributed by atoms with Crippen molar-refractivity contribution in [2.45, 2.75) is 12.5 Å². The molecule has 2 rings (SSSR count). The van der Waals surface area contributed by atoms with Crippen LogP contribution in [0.1, 0.15) is 6.42 Å². The molecule has 0 bridgehead atoms. The maximum Gasteiger partial charge on any atom is 0.147 e. The Hall–Kier alpha value is -0.290. The van der Waals surface area contributed by atoms with Gasteiger partial charge >= 0.3 is 0 Å². The smallest absolute Gasteiger partial charge is 0.147 e. The Labute approximate surface area is 108 Å². The first-order valence-corrected chi connectivity index (χ1v) is 6.31. The van der Waals surface area contributed by atoms with Gasteiger partial charge in [0.1, 0.15) is 6.79 Å². The van der Waals surface area contributed by atoms with E-state index in [1.807, 2.05) is 18.2 Å². The SMILES string of the molecule is Clc1cccc(NCC2CCOCO2)c1Br. The van der Waals surface area contributed by atoms with Crippen LogP contribution in [0.25, 0.3) is 0 Å². The van der Waals surface area contributed by atoms with Gasteiger partial charge in [0, 0.05) is 6.54 Å². The van der Waals surface area contributed by atoms with Crippen LogP contribution in [-0.4, -0.2) is 26.0 Å². The average Bonchev–Trinajstić information content (AvgIpc) is 2.32. The van der Waals surface area contributed by atoms with Gasteiger partial charge in [-0.3, -0.25) is 0 Å². The molecule has 1 saturated heterocycles. The third-order valence-corrected chi connectivity index (χ3v) is 3.84. The van der Waals surface area contributed by atoms with Gasteiger partial charge in [-0.2, -0.15) is 0 Å². The first-order chi connectivity index (χ1) is 7.77. The Morgan fingerprint density at radius 3 is 3.12 bits per heavy atom. The zero-order valence-electron chi connectivity index (χ0n) is 8.71. The van der Waals surface area contributed by atoms with Crippen molar-refractivity contribution in [1.29, 1.82) is 0 Å². The van der Waals surface area contributed by atoms with Crippen LogP contribution in [0.2, 0.25) is 5.02 Å². The third kappa shape index (κ3) is 3.10. The van der Waals surface area contributed by atoms with Gasteiger partial charge < -0.3 is 14.8 Å². The summed E-state index contributed by atoms with van der Waals surface area (Å²) >= 11 is 9.44. The largest absolute Gasteiger partial charge is 0.381 e. The molecule has 3 nitrogen and oxygen atoms in total. The Morgan fingerprint density at radius 2 is 2.38 bits per heavy atom. The lowest BCUT2D eigenvalue weighted by Crippen LogP contribution is -2.30. The fourth-order valence-corrected chi connectivity index (χ4v) is 2.11. The number of nitrogens with one attached hydrogen (secondary N) is 1. The van der Waals surface area contributed by atoms with Gasteiger partial charge in [0.15, 0.2) is 0 Å². The second kappa shape index (κ2) is 5.87. The minimum Gasteiger partial charge on any atom is -0.381 e. The number of benzene rings is 1. The molecule has 0 aromatic heterocycles. The van der Waals surface area contributed by atoms with E-state index in [1.54, 1.807) is 0 Å². The highest BCUT2D eigenvalue weighted by Gasteiger charge is 2.14. The molecule has 16 heavy (non-hydrogen) atoms. The molecule has 1 fully saturated rings. The van der Waals surface area contributed by atoms with Crippen LogP contribution >= 0.6 is 27.5 Å². The number of rotatable bonds is 3. The summed E-state index contributed by atoms with van der Waals surface area (Å²) in [5, 5.41) is 4.02. The molecular formula is C11H13BrClNO2. The number of hydrogen-bond donors (Lipinski definition) is 1. The van der Waals surface area contributed by atoms with Crippen LogP contribution in [0.4, 0.5) is 5.69 Å². The Bertz CT molecular complexity index is 356. The number of hydrogen-bond acceptors (Lipinski definition) is 3. The molecule has 1 N–H and O–H groups in total. The van der Waals surface area contributed by atoms with Crippen LogP contribution in [0.3, 0.4) is 0 Å². The van der Waals surface area contributed by atoms with Crippen LogP contribution in [-0.2, 0) is 9.47 Å². The fourth-order valence-electron chi connectivity index (χ4n) is 1.53. The summed E-state index contributed by atoms with van der Waals surface area (Å²) in [5.74, 6) is 0. The first kappa shape index (κ1) is 12.2. The van der Waals surface area contributed by atoms with Gasteiger partial charge in [-0.15, -0.1) is 0 Å². The zero-order valence-corrected chi connectivity index (χ0v) is 11.1. The minimum atomic E-state index is 0.208. The van der Waals surface area contributed by atoms with Crippen molar-refractivity contribution in [2.75, 3.05) is 25.3 Å². The molecule has 0 spiro atoms. The highest BCUT2D eigenvalue weighted by molar-refractivity contribution is 9.10. The van der Waals surface area contributed by atoms with Gasteiger partial charge in [-0.1, -0.05) is 17.7 Å². The van der Waals surface area contributed by atoms with E-state index in [4.69, 9.17) is 21.1 Å². The third-order valence-electron chi connectivity index (χ3n) is 2.44. The molecule has 0 saturated carbocycles. The summed E-state index contributed by atoms with van der Waals surface area (Å²) in [5.41, 5.74) is 0.989. The lowest BCUT2D eigenvalue weighted by atomic mass is 10.2. The molecule has 1 aliphatic rings. The Kier molecular flexibility index (Phi) is 4.46. The van der Waals surface area contributed by atoms with Gasteiger partial charge in [0.05, 0.1) is 27.9 Å². The molecule has 0 radical (unpaired) electrons. The topological polar surface area (TPSA) is 30.5 Å². The summed E-state index contributed by atoms with van der Waals surface area (Å²) in [4.78, 5) is 0. The molecule has 0 amide bonds. The molecule has 1 aliphatic heterocycles. The van der Waals surface area contributed by atoms with E-state index in [0.29, 0.717) is 11.8 Å². The maximum atomic E-state index is 6.00. The van der Waals surface area contributed by atoms with Crippen molar-refractivity contribution >= 4 is 33.2 Å². The van der Waals surface area contributed by atoms with E-state index in [0.717, 1.165) is 29.7 Å². The molecule has 1 atom stereocenters. The zero-order chi connectivity index (χ0) is 11.4. The van der Waals surface area contributed by atoms with Gasteiger partial charge in [0.2, 0.25) is 0 Å². The normalized spacial score (nSPS) is 20.8. The standard InChI is InChI=1S/C11H13BrClNO2/c12-11-9(13)2-1-3-10(11)14-6-8-4-5-15-7-16-8/h1-3,8,14H,4-7H2. The van der Waals surface area contributed by atoms with Gasteiger partial charge in [-0.25, -0.2) is 0 Å². The molecule has 1 aromatic carbocycles. The van der Waals surface area contributed by atoms with Crippen molar-refractivity contribution in [1.82, 2.24) is 0 Å². The van der Waals surface area contributed by atoms with E-state index in [9.17, 15) is 0 Å².